The van der Waals surface area contributed by atoms with E-state index in [4.69, 9.17) is 4.74 Å². The number of unbranched alkanes of at least 4 members (excludes halogenated alkanes) is 1. The summed E-state index contributed by atoms with van der Waals surface area (Å²) in [5.74, 6) is 0. The van der Waals surface area contributed by atoms with Crippen LogP contribution in [0.1, 0.15) is 47.5 Å². The van der Waals surface area contributed by atoms with Crippen molar-refractivity contribution >= 4 is 0 Å². The first-order valence-corrected chi connectivity index (χ1v) is 5.73. The Morgan fingerprint density at radius 2 is 1.79 bits per heavy atom. The van der Waals surface area contributed by atoms with Crippen molar-refractivity contribution in [3.05, 3.63) is 0 Å². The van der Waals surface area contributed by atoms with Crippen LogP contribution in [0.25, 0.3) is 0 Å². The molecule has 14 heavy (non-hydrogen) atoms. The van der Waals surface area contributed by atoms with Crippen molar-refractivity contribution in [2.75, 3.05) is 19.8 Å². The summed E-state index contributed by atoms with van der Waals surface area (Å²) in [6.45, 7) is 13.8. The van der Waals surface area contributed by atoms with Gasteiger partial charge in [-0.3, -0.25) is 0 Å². The van der Waals surface area contributed by atoms with E-state index >= 15 is 0 Å². The topological polar surface area (TPSA) is 21.3 Å². The van der Waals surface area contributed by atoms with Gasteiger partial charge in [0.1, 0.15) is 0 Å². The van der Waals surface area contributed by atoms with Gasteiger partial charge >= 0.3 is 0 Å². The lowest BCUT2D eigenvalue weighted by Crippen LogP contribution is -2.24. The zero-order valence-corrected chi connectivity index (χ0v) is 10.5. The number of hydrogen-bond donors (Lipinski definition) is 1. The smallest absolute Gasteiger partial charge is 0.0514 e. The second-order valence-electron chi connectivity index (χ2n) is 5.43. The van der Waals surface area contributed by atoms with E-state index < -0.39 is 0 Å². The minimum atomic E-state index is 0.302. The molecule has 0 aromatic heterocycles. The largest absolute Gasteiger partial charge is 0.381 e. The van der Waals surface area contributed by atoms with E-state index in [1.54, 1.807) is 0 Å². The number of hydrogen-bond acceptors (Lipinski definition) is 2. The fraction of sp³-hybridized carbons (Fsp3) is 1.00. The molecule has 0 amide bonds. The van der Waals surface area contributed by atoms with Gasteiger partial charge in [-0.25, -0.2) is 0 Å². The first-order valence-electron chi connectivity index (χ1n) is 5.73. The minimum Gasteiger partial charge on any atom is -0.381 e. The first-order chi connectivity index (χ1) is 6.42. The van der Waals surface area contributed by atoms with Crippen LogP contribution in [0.5, 0.6) is 0 Å². The minimum absolute atomic E-state index is 0.302. The van der Waals surface area contributed by atoms with Gasteiger partial charge in [0.05, 0.1) is 6.61 Å². The molecule has 0 rings (SSSR count). The highest BCUT2D eigenvalue weighted by Crippen LogP contribution is 2.12. The highest BCUT2D eigenvalue weighted by molar-refractivity contribution is 4.59. The zero-order chi connectivity index (χ0) is 11.0. The molecule has 0 aromatic rings. The van der Waals surface area contributed by atoms with Crippen molar-refractivity contribution in [3.63, 3.8) is 0 Å². The van der Waals surface area contributed by atoms with Crippen molar-refractivity contribution in [2.45, 2.75) is 53.5 Å². The third-order valence-electron chi connectivity index (χ3n) is 1.80. The second-order valence-corrected chi connectivity index (χ2v) is 5.43. The monoisotopic (exact) mass is 201 g/mol. The number of ether oxygens (including phenoxy) is 1. The first kappa shape index (κ1) is 13.9. The average molecular weight is 201 g/mol. The van der Waals surface area contributed by atoms with Crippen LogP contribution in [0.15, 0.2) is 0 Å². The summed E-state index contributed by atoms with van der Waals surface area (Å²) in [4.78, 5) is 0. The van der Waals surface area contributed by atoms with Crippen molar-refractivity contribution < 1.29 is 4.74 Å². The summed E-state index contributed by atoms with van der Waals surface area (Å²) in [5, 5.41) is 3.40. The molecule has 0 unspecified atom stereocenters. The maximum absolute atomic E-state index is 5.58. The maximum Gasteiger partial charge on any atom is 0.0514 e. The summed E-state index contributed by atoms with van der Waals surface area (Å²) >= 11 is 0. The Labute approximate surface area is 89.4 Å². The molecule has 0 spiro atoms. The summed E-state index contributed by atoms with van der Waals surface area (Å²) in [7, 11) is 0. The van der Waals surface area contributed by atoms with Crippen LogP contribution in [0, 0.1) is 5.41 Å². The van der Waals surface area contributed by atoms with Crippen LogP contribution in [0.3, 0.4) is 0 Å². The molecule has 0 heterocycles. The highest BCUT2D eigenvalue weighted by Gasteiger charge is 2.09. The summed E-state index contributed by atoms with van der Waals surface area (Å²) in [6, 6.07) is 0.602. The predicted octanol–water partition coefficient (Wildman–Crippen LogP) is 2.83. The molecule has 0 aliphatic carbocycles. The molecule has 0 aliphatic heterocycles. The maximum atomic E-state index is 5.58. The fourth-order valence-electron chi connectivity index (χ4n) is 1.10. The van der Waals surface area contributed by atoms with Crippen molar-refractivity contribution in [1.82, 2.24) is 5.32 Å². The van der Waals surface area contributed by atoms with Gasteiger partial charge in [0.15, 0.2) is 0 Å². The Balaban J connectivity index is 3.07. The Morgan fingerprint density at radius 1 is 1.14 bits per heavy atom. The molecule has 0 fully saturated rings. The lowest BCUT2D eigenvalue weighted by atomic mass is 9.99. The van der Waals surface area contributed by atoms with E-state index in [1.165, 1.54) is 6.42 Å². The van der Waals surface area contributed by atoms with E-state index in [9.17, 15) is 0 Å². The van der Waals surface area contributed by atoms with Crippen molar-refractivity contribution in [3.8, 4) is 0 Å². The Morgan fingerprint density at radius 3 is 2.29 bits per heavy atom. The Bertz CT molecular complexity index is 127. The lowest BCUT2D eigenvalue weighted by molar-refractivity contribution is 0.0689. The molecule has 0 saturated carbocycles. The van der Waals surface area contributed by atoms with Crippen LogP contribution in [-0.2, 0) is 4.74 Å². The Kier molecular flexibility index (Phi) is 7.20. The van der Waals surface area contributed by atoms with E-state index in [0.717, 1.165) is 26.2 Å². The quantitative estimate of drug-likeness (QED) is 0.640. The summed E-state index contributed by atoms with van der Waals surface area (Å²) in [5.41, 5.74) is 0.302. The van der Waals surface area contributed by atoms with Gasteiger partial charge in [0, 0.05) is 12.6 Å². The van der Waals surface area contributed by atoms with E-state index in [-0.39, 0.29) is 0 Å². The Hall–Kier alpha value is -0.0800. The molecule has 0 atom stereocenters. The van der Waals surface area contributed by atoms with E-state index in [0.29, 0.717) is 11.5 Å². The zero-order valence-electron chi connectivity index (χ0n) is 10.5. The van der Waals surface area contributed by atoms with Crippen molar-refractivity contribution in [1.29, 1.82) is 0 Å². The molecular formula is C12H27NO. The van der Waals surface area contributed by atoms with E-state index in [1.807, 2.05) is 0 Å². The van der Waals surface area contributed by atoms with Gasteiger partial charge in [-0.05, 0) is 24.8 Å². The molecule has 86 valence electrons. The molecule has 0 aromatic carbocycles. The molecule has 2 nitrogen and oxygen atoms in total. The second kappa shape index (κ2) is 7.24. The summed E-state index contributed by atoms with van der Waals surface area (Å²) < 4.78 is 5.58. The molecule has 2 heteroatoms. The molecule has 1 N–H and O–H groups in total. The van der Waals surface area contributed by atoms with Gasteiger partial charge in [-0.1, -0.05) is 34.6 Å². The summed E-state index contributed by atoms with van der Waals surface area (Å²) in [6.07, 6.45) is 2.37. The molecular weight excluding hydrogens is 174 g/mol. The van der Waals surface area contributed by atoms with Gasteiger partial charge in [-0.15, -0.1) is 0 Å². The lowest BCUT2D eigenvalue weighted by Gasteiger charge is -2.17. The van der Waals surface area contributed by atoms with Crippen LogP contribution < -0.4 is 5.32 Å². The van der Waals surface area contributed by atoms with Gasteiger partial charge in [0.25, 0.3) is 0 Å². The third kappa shape index (κ3) is 11.9. The van der Waals surface area contributed by atoms with Crippen LogP contribution >= 0.6 is 0 Å². The SMILES string of the molecule is CC(C)NCCCCOCC(C)(C)C. The average Bonchev–Trinajstić information content (AvgIpc) is 2.00. The van der Waals surface area contributed by atoms with Gasteiger partial charge < -0.3 is 10.1 Å². The van der Waals surface area contributed by atoms with Crippen LogP contribution in [0.2, 0.25) is 0 Å². The van der Waals surface area contributed by atoms with Crippen LogP contribution in [-0.4, -0.2) is 25.8 Å². The van der Waals surface area contributed by atoms with Gasteiger partial charge in [-0.2, -0.15) is 0 Å². The highest BCUT2D eigenvalue weighted by atomic mass is 16.5. The third-order valence-corrected chi connectivity index (χ3v) is 1.80. The van der Waals surface area contributed by atoms with Gasteiger partial charge in [0.2, 0.25) is 0 Å². The molecule has 0 bridgehead atoms. The standard InChI is InChI=1S/C12H27NO/c1-11(2)13-8-6-7-9-14-10-12(3,4)5/h11,13H,6-10H2,1-5H3. The predicted molar refractivity (Wildman–Crippen MR) is 62.6 cm³/mol. The molecule has 0 radical (unpaired) electrons. The fourth-order valence-corrected chi connectivity index (χ4v) is 1.10. The molecule has 0 aliphatic rings. The van der Waals surface area contributed by atoms with E-state index in [2.05, 4.69) is 39.9 Å². The number of nitrogens with one attached hydrogen (secondary N) is 1. The number of rotatable bonds is 7. The van der Waals surface area contributed by atoms with Crippen LogP contribution in [0.4, 0.5) is 0 Å². The molecule has 0 saturated heterocycles. The normalized spacial score (nSPS) is 12.4. The van der Waals surface area contributed by atoms with Crippen molar-refractivity contribution in [2.24, 2.45) is 5.41 Å².